The minimum absolute atomic E-state index is 0.191. The summed E-state index contributed by atoms with van der Waals surface area (Å²) in [4.78, 5) is 4.33. The fourth-order valence-electron chi connectivity index (χ4n) is 2.01. The van der Waals surface area contributed by atoms with E-state index in [1.807, 2.05) is 16.8 Å². The molecular weight excluding hydrogens is 309 g/mol. The van der Waals surface area contributed by atoms with Gasteiger partial charge in [-0.05, 0) is 25.0 Å². The fraction of sp³-hybridized carbons (Fsp3) is 0.357. The Morgan fingerprint density at radius 3 is 3.00 bits per heavy atom. The highest BCUT2D eigenvalue weighted by Gasteiger charge is 2.20. The van der Waals surface area contributed by atoms with Gasteiger partial charge in [-0.3, -0.25) is 0 Å². The topological polar surface area (TPSA) is 29.9 Å². The van der Waals surface area contributed by atoms with E-state index in [4.69, 9.17) is 0 Å². The molecule has 1 heterocycles. The van der Waals surface area contributed by atoms with Crippen molar-refractivity contribution in [1.29, 1.82) is 0 Å². The zero-order chi connectivity index (χ0) is 13.2. The summed E-state index contributed by atoms with van der Waals surface area (Å²) in [6.07, 6.45) is 6.16. The first kappa shape index (κ1) is 12.8. The average Bonchev–Trinajstić information content (AvgIpc) is 3.11. The van der Waals surface area contributed by atoms with Crippen LogP contribution >= 0.6 is 15.9 Å². The van der Waals surface area contributed by atoms with Crippen molar-refractivity contribution < 1.29 is 4.39 Å². The molecule has 0 aliphatic heterocycles. The molecule has 1 aromatic heterocycles. The molecule has 19 heavy (non-hydrogen) atoms. The molecule has 1 aromatic carbocycles. The van der Waals surface area contributed by atoms with Crippen LogP contribution in [0.15, 0.2) is 35.1 Å². The van der Waals surface area contributed by atoms with E-state index in [2.05, 4.69) is 26.2 Å². The number of aromatic nitrogens is 2. The lowest BCUT2D eigenvalue weighted by molar-refractivity contribution is 0.581. The lowest BCUT2D eigenvalue weighted by Crippen LogP contribution is -2.19. The Hall–Kier alpha value is -1.20. The minimum Gasteiger partial charge on any atom is -0.329 e. The zero-order valence-corrected chi connectivity index (χ0v) is 12.0. The third-order valence-electron chi connectivity index (χ3n) is 3.28. The second-order valence-electron chi connectivity index (χ2n) is 4.86. The second kappa shape index (κ2) is 5.43. The Morgan fingerprint density at radius 2 is 2.26 bits per heavy atom. The van der Waals surface area contributed by atoms with Crippen LogP contribution in [0.4, 0.5) is 4.39 Å². The number of nitrogens with zero attached hydrogens (tertiary/aromatic N) is 2. The summed E-state index contributed by atoms with van der Waals surface area (Å²) in [6.45, 7) is 1.26. The number of imidazole rings is 1. The van der Waals surface area contributed by atoms with Crippen molar-refractivity contribution in [3.05, 3.63) is 52.3 Å². The highest BCUT2D eigenvalue weighted by molar-refractivity contribution is 9.10. The van der Waals surface area contributed by atoms with Crippen LogP contribution in [0.25, 0.3) is 0 Å². The van der Waals surface area contributed by atoms with Crippen molar-refractivity contribution in [3.63, 3.8) is 0 Å². The predicted octanol–water partition coefficient (Wildman–Crippen LogP) is 3.09. The standard InChI is InChI=1S/C14H15BrFN3/c15-11-2-1-10(13(16)7-11)9-19-6-5-17-14(19)8-18-12-3-4-12/h1-2,5-7,12,18H,3-4,8-9H2. The van der Waals surface area contributed by atoms with Gasteiger partial charge in [0.25, 0.3) is 0 Å². The third-order valence-corrected chi connectivity index (χ3v) is 3.78. The van der Waals surface area contributed by atoms with Crippen molar-refractivity contribution in [3.8, 4) is 0 Å². The summed E-state index contributed by atoms with van der Waals surface area (Å²) in [6, 6.07) is 5.80. The van der Waals surface area contributed by atoms with Gasteiger partial charge < -0.3 is 9.88 Å². The maximum atomic E-state index is 13.8. The van der Waals surface area contributed by atoms with Gasteiger partial charge in [-0.2, -0.15) is 0 Å². The smallest absolute Gasteiger partial charge is 0.129 e. The van der Waals surface area contributed by atoms with Crippen LogP contribution in [-0.4, -0.2) is 15.6 Å². The highest BCUT2D eigenvalue weighted by atomic mass is 79.9. The molecule has 0 saturated heterocycles. The number of benzene rings is 1. The van der Waals surface area contributed by atoms with Crippen LogP contribution in [0, 0.1) is 5.82 Å². The molecule has 1 N–H and O–H groups in total. The van der Waals surface area contributed by atoms with E-state index in [1.165, 1.54) is 18.9 Å². The van der Waals surface area contributed by atoms with Crippen molar-refractivity contribution in [2.75, 3.05) is 0 Å². The van der Waals surface area contributed by atoms with Crippen LogP contribution < -0.4 is 5.32 Å². The van der Waals surface area contributed by atoms with Crippen LogP contribution in [0.2, 0.25) is 0 Å². The first-order chi connectivity index (χ1) is 9.22. The maximum absolute atomic E-state index is 13.8. The molecule has 0 unspecified atom stereocenters. The van der Waals surface area contributed by atoms with Gasteiger partial charge in [-0.15, -0.1) is 0 Å². The van der Waals surface area contributed by atoms with Crippen LogP contribution in [0.3, 0.4) is 0 Å². The molecule has 1 saturated carbocycles. The summed E-state index contributed by atoms with van der Waals surface area (Å²) in [5, 5.41) is 3.42. The molecule has 5 heteroatoms. The van der Waals surface area contributed by atoms with Gasteiger partial charge in [0.2, 0.25) is 0 Å². The summed E-state index contributed by atoms with van der Waals surface area (Å²) >= 11 is 3.27. The van der Waals surface area contributed by atoms with Gasteiger partial charge in [0.15, 0.2) is 0 Å². The van der Waals surface area contributed by atoms with Gasteiger partial charge in [0.05, 0.1) is 13.1 Å². The molecule has 1 aliphatic rings. The number of hydrogen-bond acceptors (Lipinski definition) is 2. The summed E-state index contributed by atoms with van der Waals surface area (Å²) in [7, 11) is 0. The first-order valence-electron chi connectivity index (χ1n) is 6.40. The molecule has 0 bridgehead atoms. The van der Waals surface area contributed by atoms with E-state index >= 15 is 0 Å². The molecule has 1 fully saturated rings. The van der Waals surface area contributed by atoms with E-state index < -0.39 is 0 Å². The molecule has 3 rings (SSSR count). The SMILES string of the molecule is Fc1cc(Br)ccc1Cn1ccnc1CNC1CC1. The monoisotopic (exact) mass is 323 g/mol. The molecule has 1 aliphatic carbocycles. The van der Waals surface area contributed by atoms with Gasteiger partial charge in [0.1, 0.15) is 11.6 Å². The lowest BCUT2D eigenvalue weighted by atomic mass is 10.2. The summed E-state index contributed by atoms with van der Waals surface area (Å²) in [5.74, 6) is 0.762. The Kier molecular flexibility index (Phi) is 3.66. The van der Waals surface area contributed by atoms with Crippen molar-refractivity contribution in [2.24, 2.45) is 0 Å². The zero-order valence-electron chi connectivity index (χ0n) is 10.4. The van der Waals surface area contributed by atoms with E-state index in [1.54, 1.807) is 12.3 Å². The van der Waals surface area contributed by atoms with E-state index in [0.717, 1.165) is 16.8 Å². The van der Waals surface area contributed by atoms with Crippen molar-refractivity contribution in [1.82, 2.24) is 14.9 Å². The van der Waals surface area contributed by atoms with E-state index in [0.29, 0.717) is 18.2 Å². The molecule has 0 radical (unpaired) electrons. The molecule has 0 atom stereocenters. The van der Waals surface area contributed by atoms with Gasteiger partial charge in [-0.1, -0.05) is 22.0 Å². The second-order valence-corrected chi connectivity index (χ2v) is 5.78. The average molecular weight is 324 g/mol. The summed E-state index contributed by atoms with van der Waals surface area (Å²) < 4.78 is 16.6. The normalized spacial score (nSPS) is 14.8. The van der Waals surface area contributed by atoms with Gasteiger partial charge >= 0.3 is 0 Å². The van der Waals surface area contributed by atoms with Crippen LogP contribution in [0.5, 0.6) is 0 Å². The lowest BCUT2D eigenvalue weighted by Gasteiger charge is -2.09. The first-order valence-corrected chi connectivity index (χ1v) is 7.19. The minimum atomic E-state index is -0.191. The largest absolute Gasteiger partial charge is 0.329 e. The number of hydrogen-bond donors (Lipinski definition) is 1. The van der Waals surface area contributed by atoms with Gasteiger partial charge in [0, 0.05) is 28.5 Å². The number of rotatable bonds is 5. The van der Waals surface area contributed by atoms with Crippen LogP contribution in [-0.2, 0) is 13.1 Å². The number of nitrogens with one attached hydrogen (secondary N) is 1. The van der Waals surface area contributed by atoms with Crippen molar-refractivity contribution in [2.45, 2.75) is 32.0 Å². The predicted molar refractivity (Wildman–Crippen MR) is 75.3 cm³/mol. The maximum Gasteiger partial charge on any atom is 0.129 e. The Balaban J connectivity index is 1.73. The quantitative estimate of drug-likeness (QED) is 0.916. The fourth-order valence-corrected chi connectivity index (χ4v) is 2.34. The summed E-state index contributed by atoms with van der Waals surface area (Å²) in [5.41, 5.74) is 0.675. The molecule has 2 aromatic rings. The Labute approximate surface area is 120 Å². The molecule has 100 valence electrons. The Morgan fingerprint density at radius 1 is 1.42 bits per heavy atom. The van der Waals surface area contributed by atoms with Crippen molar-refractivity contribution >= 4 is 15.9 Å². The number of halogens is 2. The third kappa shape index (κ3) is 3.22. The molecule has 3 nitrogen and oxygen atoms in total. The van der Waals surface area contributed by atoms with E-state index in [9.17, 15) is 4.39 Å². The van der Waals surface area contributed by atoms with Gasteiger partial charge in [-0.25, -0.2) is 9.37 Å². The Bertz CT molecular complexity index is 578. The highest BCUT2D eigenvalue weighted by Crippen LogP contribution is 2.20. The molecule has 0 spiro atoms. The molecule has 0 amide bonds. The van der Waals surface area contributed by atoms with Crippen LogP contribution in [0.1, 0.15) is 24.2 Å². The van der Waals surface area contributed by atoms with E-state index in [-0.39, 0.29) is 5.82 Å². The molecular formula is C14H15BrFN3.